The molecule has 0 fully saturated rings. The van der Waals surface area contributed by atoms with Crippen LogP contribution in [0, 0.1) is 13.8 Å². The Balaban J connectivity index is 2.03. The van der Waals surface area contributed by atoms with Gasteiger partial charge in [0.05, 0.1) is 19.3 Å². The van der Waals surface area contributed by atoms with Crippen molar-refractivity contribution in [3.63, 3.8) is 0 Å². The second-order valence-electron chi connectivity index (χ2n) is 6.10. The molecule has 5 nitrogen and oxygen atoms in total. The number of nitrogens with one attached hydrogen (secondary N) is 1. The lowest BCUT2D eigenvalue weighted by molar-refractivity contribution is 0.0309. The van der Waals surface area contributed by atoms with Crippen molar-refractivity contribution < 1.29 is 18.3 Å². The van der Waals surface area contributed by atoms with Crippen LogP contribution in [0.4, 0.5) is 0 Å². The molecule has 1 unspecified atom stereocenters. The molecule has 0 saturated carbocycles. The Bertz CT molecular complexity index is 812. The molecule has 0 aliphatic carbocycles. The second kappa shape index (κ2) is 9.64. The van der Waals surface area contributed by atoms with Crippen molar-refractivity contribution in [2.75, 3.05) is 19.8 Å². The van der Waals surface area contributed by atoms with Crippen molar-refractivity contribution in [2.45, 2.75) is 20.0 Å². The summed E-state index contributed by atoms with van der Waals surface area (Å²) >= 11 is 0. The Hall–Kier alpha value is -1.99. The van der Waals surface area contributed by atoms with Crippen molar-refractivity contribution in [3.8, 4) is 0 Å². The summed E-state index contributed by atoms with van der Waals surface area (Å²) in [6.07, 6.45) is 1.09. The molecule has 0 bridgehead atoms. The van der Waals surface area contributed by atoms with E-state index in [-0.39, 0.29) is 19.8 Å². The Morgan fingerprint density at radius 3 is 2.19 bits per heavy atom. The van der Waals surface area contributed by atoms with Gasteiger partial charge >= 0.3 is 0 Å². The first-order chi connectivity index (χ1) is 12.4. The van der Waals surface area contributed by atoms with Gasteiger partial charge in [-0.3, -0.25) is 0 Å². The predicted octanol–water partition coefficient (Wildman–Crippen LogP) is 2.94. The van der Waals surface area contributed by atoms with Crippen molar-refractivity contribution in [2.24, 2.45) is 0 Å². The zero-order chi connectivity index (χ0) is 19.0. The number of benzene rings is 2. The number of aliphatic hydroxyl groups is 1. The van der Waals surface area contributed by atoms with E-state index < -0.39 is 16.1 Å². The lowest BCUT2D eigenvalue weighted by atomic mass is 10.1. The molecule has 0 heterocycles. The van der Waals surface area contributed by atoms with Crippen molar-refractivity contribution in [3.05, 3.63) is 76.2 Å². The quantitative estimate of drug-likeness (QED) is 0.707. The lowest BCUT2D eigenvalue weighted by Crippen LogP contribution is -2.28. The molecule has 0 aliphatic rings. The van der Waals surface area contributed by atoms with Crippen LogP contribution in [0.15, 0.2) is 53.9 Å². The maximum atomic E-state index is 12.2. The Labute approximate surface area is 155 Å². The average molecular weight is 375 g/mol. The molecule has 2 N–H and O–H groups in total. The summed E-state index contributed by atoms with van der Waals surface area (Å²) in [7, 11) is -3.60. The van der Waals surface area contributed by atoms with Gasteiger partial charge < -0.3 is 9.84 Å². The van der Waals surface area contributed by atoms with E-state index in [4.69, 9.17) is 9.84 Å². The molecule has 2 aromatic carbocycles. The summed E-state index contributed by atoms with van der Waals surface area (Å²) in [5.41, 5.74) is 3.89. The molecule has 0 amide bonds. The summed E-state index contributed by atoms with van der Waals surface area (Å²) in [6, 6.07) is 15.3. The van der Waals surface area contributed by atoms with Gasteiger partial charge in [-0.25, -0.2) is 13.1 Å². The highest BCUT2D eigenvalue weighted by atomic mass is 32.2. The van der Waals surface area contributed by atoms with Crippen LogP contribution in [0.25, 0.3) is 6.08 Å². The van der Waals surface area contributed by atoms with E-state index in [1.807, 2.05) is 62.4 Å². The van der Waals surface area contributed by atoms with E-state index in [0.717, 1.165) is 27.7 Å². The van der Waals surface area contributed by atoms with E-state index in [9.17, 15) is 8.42 Å². The number of hydrogen-bond acceptors (Lipinski definition) is 4. The van der Waals surface area contributed by atoms with Gasteiger partial charge in [-0.2, -0.15) is 0 Å². The third kappa shape index (κ3) is 6.72. The molecule has 0 aliphatic heterocycles. The molecular formula is C20H25NO4S. The minimum atomic E-state index is -3.60. The fourth-order valence-electron chi connectivity index (χ4n) is 2.33. The van der Waals surface area contributed by atoms with E-state index >= 15 is 0 Å². The molecule has 0 aromatic heterocycles. The van der Waals surface area contributed by atoms with Gasteiger partial charge in [0.25, 0.3) is 0 Å². The average Bonchev–Trinajstić information content (AvgIpc) is 2.62. The van der Waals surface area contributed by atoms with Crippen molar-refractivity contribution in [1.82, 2.24) is 4.72 Å². The monoisotopic (exact) mass is 375 g/mol. The molecule has 2 aromatic rings. The number of ether oxygens (including phenoxy) is 1. The largest absolute Gasteiger partial charge is 0.394 e. The van der Waals surface area contributed by atoms with Crippen LogP contribution < -0.4 is 4.72 Å². The van der Waals surface area contributed by atoms with E-state index in [1.54, 1.807) is 6.08 Å². The van der Waals surface area contributed by atoms with Gasteiger partial charge in [0.2, 0.25) is 10.0 Å². The third-order valence-corrected chi connectivity index (χ3v) is 4.91. The Morgan fingerprint density at radius 2 is 1.62 bits per heavy atom. The van der Waals surface area contributed by atoms with Crippen molar-refractivity contribution in [1.29, 1.82) is 0 Å². The van der Waals surface area contributed by atoms with E-state index in [2.05, 4.69) is 4.72 Å². The summed E-state index contributed by atoms with van der Waals surface area (Å²) in [4.78, 5) is 0. The fraction of sp³-hybridized carbons (Fsp3) is 0.300. The summed E-state index contributed by atoms with van der Waals surface area (Å²) in [6.45, 7) is 4.06. The smallest absolute Gasteiger partial charge is 0.233 e. The van der Waals surface area contributed by atoms with Gasteiger partial charge in [0, 0.05) is 12.0 Å². The van der Waals surface area contributed by atoms with Crippen LogP contribution in [0.1, 0.15) is 28.4 Å². The number of hydrogen-bond donors (Lipinski definition) is 2. The first kappa shape index (κ1) is 20.3. The highest BCUT2D eigenvalue weighted by molar-refractivity contribution is 7.92. The maximum Gasteiger partial charge on any atom is 0.233 e. The van der Waals surface area contributed by atoms with Gasteiger partial charge in [-0.1, -0.05) is 59.7 Å². The zero-order valence-electron chi connectivity index (χ0n) is 15.1. The van der Waals surface area contributed by atoms with Crippen LogP contribution >= 0.6 is 0 Å². The standard InChI is InChI=1S/C20H25NO4S/c1-16-3-7-18(8-4-16)11-14-26(23,24)21-15-20(25-13-12-22)19-9-5-17(2)6-10-19/h3-11,14,20-22H,12-13,15H2,1-2H3. The molecule has 6 heteroatoms. The van der Waals surface area contributed by atoms with Crippen LogP contribution in [0.3, 0.4) is 0 Å². The predicted molar refractivity (Wildman–Crippen MR) is 104 cm³/mol. The third-order valence-electron chi connectivity index (χ3n) is 3.85. The zero-order valence-corrected chi connectivity index (χ0v) is 15.9. The highest BCUT2D eigenvalue weighted by Gasteiger charge is 2.15. The normalized spacial score (nSPS) is 13.2. The van der Waals surface area contributed by atoms with E-state index in [0.29, 0.717) is 0 Å². The molecule has 140 valence electrons. The molecule has 26 heavy (non-hydrogen) atoms. The lowest BCUT2D eigenvalue weighted by Gasteiger charge is -2.18. The van der Waals surface area contributed by atoms with Gasteiger partial charge in [0.15, 0.2) is 0 Å². The molecule has 0 saturated heterocycles. The second-order valence-corrected chi connectivity index (χ2v) is 7.75. The first-order valence-corrected chi connectivity index (χ1v) is 9.98. The van der Waals surface area contributed by atoms with Crippen LogP contribution in [0.2, 0.25) is 0 Å². The maximum absolute atomic E-state index is 12.2. The number of aryl methyl sites for hydroxylation is 2. The number of aliphatic hydroxyl groups excluding tert-OH is 1. The summed E-state index contributed by atoms with van der Waals surface area (Å²) in [5.74, 6) is 0. The number of rotatable bonds is 9. The van der Waals surface area contributed by atoms with Crippen molar-refractivity contribution >= 4 is 16.1 Å². The van der Waals surface area contributed by atoms with Gasteiger partial charge in [-0.15, -0.1) is 0 Å². The molecule has 0 radical (unpaired) electrons. The van der Waals surface area contributed by atoms with Gasteiger partial charge in [-0.05, 0) is 31.1 Å². The summed E-state index contributed by atoms with van der Waals surface area (Å²) in [5, 5.41) is 10.1. The molecule has 1 atom stereocenters. The van der Waals surface area contributed by atoms with Gasteiger partial charge in [0.1, 0.15) is 0 Å². The summed E-state index contributed by atoms with van der Waals surface area (Å²) < 4.78 is 32.6. The van der Waals surface area contributed by atoms with E-state index in [1.165, 1.54) is 0 Å². The van der Waals surface area contributed by atoms with Crippen LogP contribution in [-0.4, -0.2) is 33.3 Å². The number of sulfonamides is 1. The highest BCUT2D eigenvalue weighted by Crippen LogP contribution is 2.18. The van der Waals surface area contributed by atoms with Crippen LogP contribution in [0.5, 0.6) is 0 Å². The van der Waals surface area contributed by atoms with Crippen LogP contribution in [-0.2, 0) is 14.8 Å². The topological polar surface area (TPSA) is 75.6 Å². The Kier molecular flexibility index (Phi) is 7.53. The minimum Gasteiger partial charge on any atom is -0.394 e. The molecular weight excluding hydrogens is 350 g/mol. The molecule has 0 spiro atoms. The fourth-order valence-corrected chi connectivity index (χ4v) is 3.15. The minimum absolute atomic E-state index is 0.0869. The first-order valence-electron chi connectivity index (χ1n) is 8.43. The Morgan fingerprint density at radius 1 is 1.04 bits per heavy atom. The molecule has 2 rings (SSSR count). The SMILES string of the molecule is Cc1ccc(C=CS(=O)(=O)NCC(OCCO)c2ccc(C)cc2)cc1.